The number of carbonyl (C=O) groups excluding carboxylic acids is 2. The van der Waals surface area contributed by atoms with E-state index in [-0.39, 0.29) is 0 Å². The van der Waals surface area contributed by atoms with Crippen molar-refractivity contribution in [3.63, 3.8) is 0 Å². The van der Waals surface area contributed by atoms with Crippen molar-refractivity contribution >= 4 is 62.2 Å². The van der Waals surface area contributed by atoms with E-state index in [1.54, 1.807) is 43.2 Å². The lowest BCUT2D eigenvalue weighted by Crippen LogP contribution is -2.53. The lowest BCUT2D eigenvalue weighted by atomic mass is 10.0. The third kappa shape index (κ3) is 6.10. The Morgan fingerprint density at radius 3 is 2.73 bits per heavy atom. The van der Waals surface area contributed by atoms with Crippen LogP contribution in [-0.4, -0.2) is 30.7 Å². The first-order valence-electron chi connectivity index (χ1n) is 9.51. The third-order valence-electron chi connectivity index (χ3n) is 4.45. The maximum atomic E-state index is 12.7. The summed E-state index contributed by atoms with van der Waals surface area (Å²) in [6.45, 7) is 4.61. The van der Waals surface area contributed by atoms with Gasteiger partial charge in [-0.05, 0) is 79.4 Å². The highest BCUT2D eigenvalue weighted by atomic mass is 79.9. The summed E-state index contributed by atoms with van der Waals surface area (Å²) < 4.78 is 6.04. The first-order chi connectivity index (χ1) is 14.2. The van der Waals surface area contributed by atoms with Gasteiger partial charge in [0.15, 0.2) is 5.06 Å². The molecular formula is C20H23BrClN3O4S. The Morgan fingerprint density at radius 1 is 1.23 bits per heavy atom. The van der Waals surface area contributed by atoms with Gasteiger partial charge in [-0.25, -0.2) is 4.79 Å². The summed E-state index contributed by atoms with van der Waals surface area (Å²) in [7, 11) is 0. The first-order valence-corrected chi connectivity index (χ1v) is 11.5. The summed E-state index contributed by atoms with van der Waals surface area (Å²) in [6.07, 6.45) is 2.47. The van der Waals surface area contributed by atoms with Crippen molar-refractivity contribution in [2.45, 2.75) is 38.6 Å². The van der Waals surface area contributed by atoms with Crippen LogP contribution < -0.4 is 20.4 Å². The molecule has 2 heterocycles. The molecule has 0 spiro atoms. The quantitative estimate of drug-likeness (QED) is 0.541. The van der Waals surface area contributed by atoms with Gasteiger partial charge in [-0.15, -0.1) is 0 Å². The summed E-state index contributed by atoms with van der Waals surface area (Å²) in [5.41, 5.74) is 0.0820. The van der Waals surface area contributed by atoms with Gasteiger partial charge in [-0.3, -0.25) is 14.7 Å². The van der Waals surface area contributed by atoms with Crippen LogP contribution in [0.5, 0.6) is 5.06 Å². The van der Waals surface area contributed by atoms with Gasteiger partial charge in [-0.1, -0.05) is 22.9 Å². The van der Waals surface area contributed by atoms with E-state index >= 15 is 0 Å². The van der Waals surface area contributed by atoms with Crippen LogP contribution in [0.2, 0.25) is 5.02 Å². The molecule has 3 rings (SSSR count). The maximum Gasteiger partial charge on any atom is 0.414 e. The minimum atomic E-state index is -1.20. The fourth-order valence-electron chi connectivity index (χ4n) is 2.82. The van der Waals surface area contributed by atoms with Gasteiger partial charge < -0.3 is 15.4 Å². The SMILES string of the molecule is CC(C)(NC(=O)Oc1ccc(Br)s1)C(=O)Nc1ccc(N2CCCCCO2)c(Cl)c1. The molecule has 2 aromatic rings. The van der Waals surface area contributed by atoms with Crippen molar-refractivity contribution in [1.82, 2.24) is 5.32 Å². The molecule has 0 radical (unpaired) electrons. The first kappa shape index (κ1) is 22.9. The molecule has 0 aliphatic carbocycles. The van der Waals surface area contributed by atoms with Gasteiger partial charge in [0.25, 0.3) is 0 Å². The van der Waals surface area contributed by atoms with Crippen molar-refractivity contribution < 1.29 is 19.2 Å². The van der Waals surface area contributed by atoms with Crippen LogP contribution >= 0.6 is 38.9 Å². The molecule has 0 saturated carbocycles. The van der Waals surface area contributed by atoms with Crippen LogP contribution in [0.1, 0.15) is 33.1 Å². The van der Waals surface area contributed by atoms with E-state index in [2.05, 4.69) is 26.6 Å². The lowest BCUT2D eigenvalue weighted by Gasteiger charge is -2.25. The van der Waals surface area contributed by atoms with Crippen molar-refractivity contribution in [2.75, 3.05) is 23.5 Å². The van der Waals surface area contributed by atoms with Gasteiger partial charge >= 0.3 is 6.09 Å². The molecular weight excluding hydrogens is 494 g/mol. The van der Waals surface area contributed by atoms with Crippen LogP contribution in [0, 0.1) is 0 Å². The second-order valence-electron chi connectivity index (χ2n) is 7.31. The van der Waals surface area contributed by atoms with E-state index in [9.17, 15) is 9.59 Å². The van der Waals surface area contributed by atoms with Crippen molar-refractivity contribution in [3.05, 3.63) is 39.1 Å². The number of hydrogen-bond donors (Lipinski definition) is 2. The topological polar surface area (TPSA) is 79.9 Å². The molecule has 0 unspecified atom stereocenters. The number of anilines is 2. The zero-order chi connectivity index (χ0) is 21.7. The number of thiophene rings is 1. The summed E-state index contributed by atoms with van der Waals surface area (Å²) in [5.74, 6) is -0.401. The minimum Gasteiger partial charge on any atom is -0.399 e. The maximum absolute atomic E-state index is 12.7. The number of hydroxylamine groups is 1. The number of hydrogen-bond acceptors (Lipinski definition) is 6. The van der Waals surface area contributed by atoms with E-state index in [1.165, 1.54) is 11.3 Å². The molecule has 1 fully saturated rings. The van der Waals surface area contributed by atoms with Gasteiger partial charge in [0.1, 0.15) is 5.54 Å². The smallest absolute Gasteiger partial charge is 0.399 e. The number of carbonyl (C=O) groups is 2. The third-order valence-corrected chi connectivity index (χ3v) is 6.26. The highest BCUT2D eigenvalue weighted by molar-refractivity contribution is 9.11. The second kappa shape index (κ2) is 10.00. The largest absolute Gasteiger partial charge is 0.414 e. The van der Waals surface area contributed by atoms with E-state index in [0.717, 1.165) is 35.3 Å². The highest BCUT2D eigenvalue weighted by Crippen LogP contribution is 2.31. The number of benzene rings is 1. The fraction of sp³-hybridized carbons (Fsp3) is 0.400. The Balaban J connectivity index is 1.60. The number of ether oxygens (including phenoxy) is 1. The fourth-order valence-corrected chi connectivity index (χ4v) is 4.29. The van der Waals surface area contributed by atoms with Gasteiger partial charge in [0.2, 0.25) is 5.91 Å². The average Bonchev–Trinajstić information content (AvgIpc) is 2.91. The van der Waals surface area contributed by atoms with Crippen molar-refractivity contribution in [1.29, 1.82) is 0 Å². The molecule has 2 amide bonds. The summed E-state index contributed by atoms with van der Waals surface area (Å²) in [6, 6.07) is 8.67. The Bertz CT molecular complexity index is 913. The normalized spacial score (nSPS) is 14.7. The van der Waals surface area contributed by atoms with Crippen molar-refractivity contribution in [3.8, 4) is 5.06 Å². The minimum absolute atomic E-state index is 0.401. The predicted octanol–water partition coefficient (Wildman–Crippen LogP) is 5.59. The van der Waals surface area contributed by atoms with E-state index in [4.69, 9.17) is 21.2 Å². The molecule has 1 saturated heterocycles. The molecule has 30 heavy (non-hydrogen) atoms. The lowest BCUT2D eigenvalue weighted by molar-refractivity contribution is -0.121. The summed E-state index contributed by atoms with van der Waals surface area (Å²) in [4.78, 5) is 30.6. The summed E-state index contributed by atoms with van der Waals surface area (Å²) >= 11 is 11.0. The van der Waals surface area contributed by atoms with Crippen LogP contribution in [0.15, 0.2) is 34.1 Å². The van der Waals surface area contributed by atoms with E-state index in [0.29, 0.717) is 22.4 Å². The highest BCUT2D eigenvalue weighted by Gasteiger charge is 2.31. The molecule has 0 bridgehead atoms. The van der Waals surface area contributed by atoms with Crippen LogP contribution in [0.3, 0.4) is 0 Å². The molecule has 2 N–H and O–H groups in total. The molecule has 1 aromatic heterocycles. The molecule has 10 heteroatoms. The Hall–Kier alpha value is -1.81. The Labute approximate surface area is 192 Å². The summed E-state index contributed by atoms with van der Waals surface area (Å²) in [5, 5.41) is 8.05. The second-order valence-corrected chi connectivity index (χ2v) is 10.1. The number of amides is 2. The standard InChI is InChI=1S/C20H23BrClN3O4S/c1-20(2,24-19(27)29-17-9-8-16(21)30-17)18(26)23-13-6-7-15(14(22)12-13)25-10-4-3-5-11-28-25/h6-9,12H,3-5,10-11H2,1-2H3,(H,23,26)(H,24,27). The van der Waals surface area contributed by atoms with Gasteiger partial charge in [0, 0.05) is 12.2 Å². The number of nitrogens with zero attached hydrogens (tertiary/aromatic N) is 1. The predicted molar refractivity (Wildman–Crippen MR) is 122 cm³/mol. The molecule has 7 nitrogen and oxygen atoms in total. The Kier molecular flexibility index (Phi) is 7.62. The van der Waals surface area contributed by atoms with E-state index < -0.39 is 17.5 Å². The van der Waals surface area contributed by atoms with Crippen LogP contribution in [-0.2, 0) is 9.63 Å². The molecule has 1 aliphatic rings. The Morgan fingerprint density at radius 2 is 2.03 bits per heavy atom. The number of rotatable bonds is 5. The van der Waals surface area contributed by atoms with E-state index in [1.807, 2.05) is 6.07 Å². The van der Waals surface area contributed by atoms with Gasteiger partial charge in [0.05, 0.1) is 21.1 Å². The molecule has 162 valence electrons. The van der Waals surface area contributed by atoms with Gasteiger partial charge in [-0.2, -0.15) is 0 Å². The monoisotopic (exact) mass is 515 g/mol. The molecule has 1 aromatic carbocycles. The number of nitrogens with one attached hydrogen (secondary N) is 2. The molecule has 1 aliphatic heterocycles. The zero-order valence-corrected chi connectivity index (χ0v) is 19.8. The van der Waals surface area contributed by atoms with Crippen LogP contribution in [0.25, 0.3) is 0 Å². The zero-order valence-electron chi connectivity index (χ0n) is 16.7. The van der Waals surface area contributed by atoms with Crippen molar-refractivity contribution in [2.24, 2.45) is 0 Å². The van der Waals surface area contributed by atoms with Crippen LogP contribution in [0.4, 0.5) is 16.2 Å². The molecule has 0 atom stereocenters. The average molecular weight is 517 g/mol. The number of halogens is 2.